The Balaban J connectivity index is 2.00. The Labute approximate surface area is 142 Å². The second kappa shape index (κ2) is 7.47. The third kappa shape index (κ3) is 3.58. The van der Waals surface area contributed by atoms with E-state index in [1.807, 2.05) is 41.1 Å². The van der Waals surface area contributed by atoms with Gasteiger partial charge in [0, 0.05) is 36.0 Å². The summed E-state index contributed by atoms with van der Waals surface area (Å²) in [5.74, 6) is 0.622. The summed E-state index contributed by atoms with van der Waals surface area (Å²) >= 11 is 0. The zero-order chi connectivity index (χ0) is 16.9. The number of aryl methyl sites for hydroxylation is 1. The molecule has 0 fully saturated rings. The van der Waals surface area contributed by atoms with E-state index >= 15 is 0 Å². The molecule has 1 aromatic carbocycles. The average Bonchev–Trinajstić information content (AvgIpc) is 3.01. The third-order valence-corrected chi connectivity index (χ3v) is 4.93. The number of aldehydes is 1. The van der Waals surface area contributed by atoms with Crippen LogP contribution >= 0.6 is 0 Å². The molecule has 1 aromatic heterocycles. The van der Waals surface area contributed by atoms with Crippen LogP contribution in [0.25, 0.3) is 11.1 Å². The van der Waals surface area contributed by atoms with Crippen LogP contribution in [0, 0.1) is 5.92 Å². The molecule has 1 amide bonds. The van der Waals surface area contributed by atoms with Crippen molar-refractivity contribution in [3.05, 3.63) is 42.2 Å². The van der Waals surface area contributed by atoms with Gasteiger partial charge in [0.05, 0.1) is 5.69 Å². The van der Waals surface area contributed by atoms with Gasteiger partial charge in [-0.15, -0.1) is 0 Å². The van der Waals surface area contributed by atoms with Gasteiger partial charge in [0.1, 0.15) is 0 Å². The Morgan fingerprint density at radius 3 is 2.92 bits per heavy atom. The van der Waals surface area contributed by atoms with Gasteiger partial charge in [-0.05, 0) is 37.3 Å². The quantitative estimate of drug-likeness (QED) is 0.827. The molecule has 1 unspecified atom stereocenters. The van der Waals surface area contributed by atoms with Gasteiger partial charge in [-0.3, -0.25) is 9.59 Å². The maximum Gasteiger partial charge on any atom is 0.224 e. The Bertz CT molecular complexity index is 733. The fraction of sp³-hybridized carbons (Fsp3) is 0.400. The molecule has 24 heavy (non-hydrogen) atoms. The van der Waals surface area contributed by atoms with E-state index in [0.717, 1.165) is 55.3 Å². The van der Waals surface area contributed by atoms with E-state index in [1.165, 1.54) is 0 Å². The standard InChI is InChI=1S/C20H24N2O2/c1-2-15-6-5-11-22-13-16(12-17(22)14-23)18-7-3-4-8-19(18)21-20(24)10-9-15/h3-4,7-8,12-15H,2,5-6,9-11H2,1H3,(H,21,24). The maximum absolute atomic E-state index is 12.3. The van der Waals surface area contributed by atoms with Gasteiger partial charge >= 0.3 is 0 Å². The minimum absolute atomic E-state index is 0.0650. The average molecular weight is 324 g/mol. The minimum atomic E-state index is 0.0650. The lowest BCUT2D eigenvalue weighted by atomic mass is 9.94. The van der Waals surface area contributed by atoms with Gasteiger partial charge in [-0.1, -0.05) is 31.5 Å². The predicted octanol–water partition coefficient (Wildman–Crippen LogP) is 4.51. The van der Waals surface area contributed by atoms with Crippen LogP contribution in [0.5, 0.6) is 0 Å². The number of benzene rings is 1. The van der Waals surface area contributed by atoms with Crippen molar-refractivity contribution in [2.24, 2.45) is 5.92 Å². The van der Waals surface area contributed by atoms with E-state index in [9.17, 15) is 9.59 Å². The summed E-state index contributed by atoms with van der Waals surface area (Å²) in [6.07, 6.45) is 7.61. The molecule has 0 radical (unpaired) electrons. The van der Waals surface area contributed by atoms with Crippen LogP contribution in [-0.2, 0) is 11.3 Å². The number of hydrogen-bond donors (Lipinski definition) is 1. The van der Waals surface area contributed by atoms with E-state index in [2.05, 4.69) is 12.2 Å². The van der Waals surface area contributed by atoms with E-state index in [0.29, 0.717) is 18.0 Å². The summed E-state index contributed by atoms with van der Waals surface area (Å²) in [4.78, 5) is 23.7. The van der Waals surface area contributed by atoms with E-state index in [1.54, 1.807) is 0 Å². The van der Waals surface area contributed by atoms with Gasteiger partial charge in [0.15, 0.2) is 6.29 Å². The number of nitrogens with one attached hydrogen (secondary N) is 1. The summed E-state index contributed by atoms with van der Waals surface area (Å²) in [7, 11) is 0. The normalized spacial score (nSPS) is 18.5. The summed E-state index contributed by atoms with van der Waals surface area (Å²) in [5, 5.41) is 3.04. The van der Waals surface area contributed by atoms with Crippen molar-refractivity contribution in [3.63, 3.8) is 0 Å². The Morgan fingerprint density at radius 1 is 1.29 bits per heavy atom. The molecule has 0 saturated carbocycles. The Kier molecular flexibility index (Phi) is 5.14. The van der Waals surface area contributed by atoms with E-state index in [-0.39, 0.29) is 5.91 Å². The van der Waals surface area contributed by atoms with Crippen LogP contribution in [0.3, 0.4) is 0 Å². The molecule has 2 heterocycles. The fourth-order valence-corrected chi connectivity index (χ4v) is 3.46. The molecule has 0 saturated heterocycles. The van der Waals surface area contributed by atoms with Crippen molar-refractivity contribution in [1.82, 2.24) is 4.57 Å². The van der Waals surface area contributed by atoms with Crippen molar-refractivity contribution < 1.29 is 9.59 Å². The van der Waals surface area contributed by atoms with Crippen LogP contribution < -0.4 is 5.32 Å². The zero-order valence-electron chi connectivity index (χ0n) is 14.1. The van der Waals surface area contributed by atoms with Gasteiger partial charge in [-0.25, -0.2) is 0 Å². The highest BCUT2D eigenvalue weighted by atomic mass is 16.1. The highest BCUT2D eigenvalue weighted by Gasteiger charge is 2.15. The molecule has 1 N–H and O–H groups in total. The third-order valence-electron chi connectivity index (χ3n) is 4.93. The monoisotopic (exact) mass is 324 g/mol. The van der Waals surface area contributed by atoms with Crippen LogP contribution in [-0.4, -0.2) is 16.8 Å². The van der Waals surface area contributed by atoms with Gasteiger partial charge in [0.25, 0.3) is 0 Å². The van der Waals surface area contributed by atoms with Crippen LogP contribution in [0.4, 0.5) is 5.69 Å². The second-order valence-corrected chi connectivity index (χ2v) is 6.51. The summed E-state index contributed by atoms with van der Waals surface area (Å²) in [5.41, 5.74) is 3.43. The lowest BCUT2D eigenvalue weighted by Gasteiger charge is -2.15. The molecular weight excluding hydrogens is 300 g/mol. The van der Waals surface area contributed by atoms with Crippen LogP contribution in [0.1, 0.15) is 49.5 Å². The number of amides is 1. The zero-order valence-corrected chi connectivity index (χ0v) is 14.1. The minimum Gasteiger partial charge on any atom is -0.345 e. The SMILES string of the molecule is CCC1CCCn2cc(cc2C=O)-c2ccccc2NC(=O)CC1. The molecule has 126 valence electrons. The number of para-hydroxylation sites is 1. The number of hydrogen-bond acceptors (Lipinski definition) is 2. The number of carbonyl (C=O) groups is 2. The molecule has 1 aliphatic rings. The summed E-state index contributed by atoms with van der Waals surface area (Å²) in [6.45, 7) is 3.02. The number of aromatic nitrogens is 1. The smallest absolute Gasteiger partial charge is 0.224 e. The molecule has 0 spiro atoms. The van der Waals surface area contributed by atoms with Crippen molar-refractivity contribution in [2.75, 3.05) is 5.32 Å². The molecule has 4 nitrogen and oxygen atoms in total. The Hall–Kier alpha value is -2.36. The van der Waals surface area contributed by atoms with Crippen molar-refractivity contribution >= 4 is 17.9 Å². The molecular formula is C20H24N2O2. The molecule has 1 aliphatic heterocycles. The number of nitrogens with zero attached hydrogens (tertiary/aromatic N) is 1. The number of carbonyl (C=O) groups excluding carboxylic acids is 2. The first kappa shape index (κ1) is 16.5. The van der Waals surface area contributed by atoms with Crippen molar-refractivity contribution in [1.29, 1.82) is 0 Å². The second-order valence-electron chi connectivity index (χ2n) is 6.51. The fourth-order valence-electron chi connectivity index (χ4n) is 3.46. The lowest BCUT2D eigenvalue weighted by Crippen LogP contribution is -2.14. The summed E-state index contributed by atoms with van der Waals surface area (Å²) in [6, 6.07) is 9.68. The van der Waals surface area contributed by atoms with Crippen molar-refractivity contribution in [3.8, 4) is 11.1 Å². The van der Waals surface area contributed by atoms with E-state index in [4.69, 9.17) is 0 Å². The number of fused-ring (bicyclic) bond motifs is 4. The molecule has 4 heteroatoms. The van der Waals surface area contributed by atoms with Crippen LogP contribution in [0.2, 0.25) is 0 Å². The van der Waals surface area contributed by atoms with Crippen molar-refractivity contribution in [2.45, 2.75) is 45.6 Å². The molecule has 2 bridgehead atoms. The molecule has 0 aliphatic carbocycles. The van der Waals surface area contributed by atoms with Gasteiger partial charge in [-0.2, -0.15) is 0 Å². The predicted molar refractivity (Wildman–Crippen MR) is 96.1 cm³/mol. The van der Waals surface area contributed by atoms with E-state index < -0.39 is 0 Å². The lowest BCUT2D eigenvalue weighted by molar-refractivity contribution is -0.116. The first-order chi connectivity index (χ1) is 11.7. The first-order valence-electron chi connectivity index (χ1n) is 8.76. The van der Waals surface area contributed by atoms with Crippen LogP contribution in [0.15, 0.2) is 36.5 Å². The number of rotatable bonds is 2. The van der Waals surface area contributed by atoms with Gasteiger partial charge in [0.2, 0.25) is 5.91 Å². The Morgan fingerprint density at radius 2 is 2.12 bits per heavy atom. The first-order valence-corrected chi connectivity index (χ1v) is 8.76. The number of anilines is 1. The molecule has 1 atom stereocenters. The highest BCUT2D eigenvalue weighted by molar-refractivity contribution is 5.95. The highest BCUT2D eigenvalue weighted by Crippen LogP contribution is 2.30. The molecule has 3 rings (SSSR count). The topological polar surface area (TPSA) is 51.1 Å². The maximum atomic E-state index is 12.3. The summed E-state index contributed by atoms with van der Waals surface area (Å²) < 4.78 is 2.03. The molecule has 2 aromatic rings. The van der Waals surface area contributed by atoms with Gasteiger partial charge < -0.3 is 9.88 Å². The largest absolute Gasteiger partial charge is 0.345 e.